The van der Waals surface area contributed by atoms with Crippen LogP contribution in [-0.4, -0.2) is 4.98 Å². The Kier molecular flexibility index (Phi) is 3.48. The van der Waals surface area contributed by atoms with Crippen molar-refractivity contribution < 1.29 is 0 Å². The quantitative estimate of drug-likeness (QED) is 0.705. The average molecular weight is 272 g/mol. The van der Waals surface area contributed by atoms with E-state index in [0.717, 1.165) is 22.0 Å². The monoisotopic (exact) mass is 272 g/mol. The minimum Gasteiger partial charge on any atom is -0.329 e. The molecule has 1 N–H and O–H groups in total. The fourth-order valence-corrected chi connectivity index (χ4v) is 3.41. The van der Waals surface area contributed by atoms with Gasteiger partial charge in [0.25, 0.3) is 0 Å². The first-order valence-electron chi connectivity index (χ1n) is 5.69. The first kappa shape index (κ1) is 11.6. The van der Waals surface area contributed by atoms with Gasteiger partial charge in [-0.1, -0.05) is 30.3 Å². The van der Waals surface area contributed by atoms with Gasteiger partial charge in [0, 0.05) is 5.69 Å². The van der Waals surface area contributed by atoms with E-state index in [1.165, 1.54) is 4.70 Å². The zero-order valence-electron chi connectivity index (χ0n) is 9.67. The Morgan fingerprint density at radius 2 is 1.78 bits per heavy atom. The average Bonchev–Trinajstić information content (AvgIpc) is 2.82. The normalized spacial score (nSPS) is 10.7. The van der Waals surface area contributed by atoms with Gasteiger partial charge in [0.05, 0.1) is 16.0 Å². The Morgan fingerprint density at radius 1 is 1.00 bits per heavy atom. The molecule has 0 bridgehead atoms. The van der Waals surface area contributed by atoms with E-state index in [2.05, 4.69) is 40.0 Å². The van der Waals surface area contributed by atoms with Crippen LogP contribution >= 0.6 is 23.3 Å². The van der Waals surface area contributed by atoms with Crippen LogP contribution in [-0.2, 0) is 5.75 Å². The van der Waals surface area contributed by atoms with Crippen molar-refractivity contribution in [1.82, 2.24) is 4.98 Å². The molecule has 2 nitrogen and oxygen atoms in total. The lowest BCUT2D eigenvalue weighted by Crippen LogP contribution is -1.87. The summed E-state index contributed by atoms with van der Waals surface area (Å²) in [6.07, 6.45) is 0. The maximum Gasteiger partial charge on any atom is 0.106 e. The van der Waals surface area contributed by atoms with Crippen molar-refractivity contribution >= 4 is 39.2 Å². The molecule has 0 atom stereocenters. The number of fused-ring (bicyclic) bond motifs is 1. The first-order chi connectivity index (χ1) is 8.92. The SMILES string of the molecule is c1ccc(NSCc2nc3ccccc3s2)cc1. The number of nitrogens with zero attached hydrogens (tertiary/aromatic N) is 1. The van der Waals surface area contributed by atoms with Gasteiger partial charge in [0.1, 0.15) is 5.01 Å². The molecular weight excluding hydrogens is 260 g/mol. The molecule has 0 aliphatic carbocycles. The summed E-state index contributed by atoms with van der Waals surface area (Å²) in [4.78, 5) is 4.60. The topological polar surface area (TPSA) is 24.9 Å². The standard InChI is InChI=1S/C14H12N2S2/c1-2-6-11(7-3-1)16-17-10-14-15-12-8-4-5-9-13(12)18-14/h1-9,16H,10H2. The van der Waals surface area contributed by atoms with E-state index >= 15 is 0 Å². The second kappa shape index (κ2) is 5.42. The van der Waals surface area contributed by atoms with Gasteiger partial charge >= 0.3 is 0 Å². The summed E-state index contributed by atoms with van der Waals surface area (Å²) in [7, 11) is 0. The van der Waals surface area contributed by atoms with Crippen LogP contribution in [0.4, 0.5) is 5.69 Å². The Hall–Kier alpha value is -1.52. The van der Waals surface area contributed by atoms with E-state index in [-0.39, 0.29) is 0 Å². The number of anilines is 1. The van der Waals surface area contributed by atoms with E-state index in [0.29, 0.717) is 0 Å². The second-order valence-electron chi connectivity index (χ2n) is 3.83. The molecule has 0 spiro atoms. The zero-order valence-corrected chi connectivity index (χ0v) is 11.3. The maximum absolute atomic E-state index is 4.60. The molecular formula is C14H12N2S2. The van der Waals surface area contributed by atoms with Crippen LogP contribution in [0.15, 0.2) is 54.6 Å². The van der Waals surface area contributed by atoms with Crippen molar-refractivity contribution in [1.29, 1.82) is 0 Å². The number of aromatic nitrogens is 1. The van der Waals surface area contributed by atoms with Gasteiger partial charge in [0.2, 0.25) is 0 Å². The summed E-state index contributed by atoms with van der Waals surface area (Å²) >= 11 is 3.43. The minimum atomic E-state index is 0.883. The highest BCUT2D eigenvalue weighted by atomic mass is 32.2. The van der Waals surface area contributed by atoms with Gasteiger partial charge in [-0.05, 0) is 36.2 Å². The molecule has 1 aromatic heterocycles. The summed E-state index contributed by atoms with van der Waals surface area (Å²) in [5.41, 5.74) is 2.22. The molecule has 0 saturated heterocycles. The van der Waals surface area contributed by atoms with E-state index in [4.69, 9.17) is 0 Å². The number of para-hydroxylation sites is 2. The lowest BCUT2D eigenvalue weighted by atomic mass is 10.3. The number of hydrogen-bond donors (Lipinski definition) is 1. The van der Waals surface area contributed by atoms with Gasteiger partial charge in [0.15, 0.2) is 0 Å². The number of hydrogen-bond acceptors (Lipinski definition) is 4. The van der Waals surface area contributed by atoms with E-state index in [1.54, 1.807) is 23.3 Å². The van der Waals surface area contributed by atoms with Crippen LogP contribution in [0.1, 0.15) is 5.01 Å². The van der Waals surface area contributed by atoms with Crippen molar-refractivity contribution in [2.75, 3.05) is 4.72 Å². The van der Waals surface area contributed by atoms with Gasteiger partial charge < -0.3 is 4.72 Å². The predicted octanol–water partition coefficient (Wildman–Crippen LogP) is 4.56. The molecule has 0 fully saturated rings. The zero-order chi connectivity index (χ0) is 12.2. The maximum atomic E-state index is 4.60. The van der Waals surface area contributed by atoms with Crippen molar-refractivity contribution in [3.05, 3.63) is 59.6 Å². The third-order valence-electron chi connectivity index (χ3n) is 2.50. The van der Waals surface area contributed by atoms with Gasteiger partial charge in [-0.25, -0.2) is 4.98 Å². The highest BCUT2D eigenvalue weighted by Crippen LogP contribution is 2.25. The van der Waals surface area contributed by atoms with Crippen molar-refractivity contribution in [3.8, 4) is 0 Å². The smallest absolute Gasteiger partial charge is 0.106 e. The van der Waals surface area contributed by atoms with Crippen molar-refractivity contribution in [2.45, 2.75) is 5.75 Å². The molecule has 0 radical (unpaired) electrons. The van der Waals surface area contributed by atoms with Crippen molar-refractivity contribution in [3.63, 3.8) is 0 Å². The van der Waals surface area contributed by atoms with Crippen LogP contribution in [0.3, 0.4) is 0 Å². The molecule has 0 amide bonds. The second-order valence-corrected chi connectivity index (χ2v) is 5.73. The van der Waals surface area contributed by atoms with E-state index < -0.39 is 0 Å². The molecule has 2 aromatic carbocycles. The first-order valence-corrected chi connectivity index (χ1v) is 7.49. The number of rotatable bonds is 4. The van der Waals surface area contributed by atoms with Crippen molar-refractivity contribution in [2.24, 2.45) is 0 Å². The highest BCUT2D eigenvalue weighted by Gasteiger charge is 2.02. The summed E-state index contributed by atoms with van der Waals surface area (Å²) in [5, 5.41) is 1.16. The van der Waals surface area contributed by atoms with Crippen LogP contribution in [0, 0.1) is 0 Å². The van der Waals surface area contributed by atoms with Gasteiger partial charge in [-0.15, -0.1) is 11.3 Å². The third-order valence-corrected chi connectivity index (χ3v) is 4.51. The van der Waals surface area contributed by atoms with Crippen LogP contribution in [0.25, 0.3) is 10.2 Å². The van der Waals surface area contributed by atoms with E-state index in [9.17, 15) is 0 Å². The summed E-state index contributed by atoms with van der Waals surface area (Å²) in [6, 6.07) is 18.5. The Balaban J connectivity index is 1.63. The highest BCUT2D eigenvalue weighted by molar-refractivity contribution is 7.99. The molecule has 90 valence electrons. The third kappa shape index (κ3) is 2.66. The lowest BCUT2D eigenvalue weighted by molar-refractivity contribution is 1.31. The summed E-state index contributed by atoms with van der Waals surface area (Å²) in [6.45, 7) is 0. The fraction of sp³-hybridized carbons (Fsp3) is 0.0714. The van der Waals surface area contributed by atoms with Gasteiger partial charge in [-0.3, -0.25) is 0 Å². The number of nitrogens with one attached hydrogen (secondary N) is 1. The van der Waals surface area contributed by atoms with Crippen LogP contribution in [0.5, 0.6) is 0 Å². The fourth-order valence-electron chi connectivity index (χ4n) is 1.67. The molecule has 4 heteroatoms. The predicted molar refractivity (Wildman–Crippen MR) is 81.0 cm³/mol. The lowest BCUT2D eigenvalue weighted by Gasteiger charge is -2.02. The minimum absolute atomic E-state index is 0.883. The van der Waals surface area contributed by atoms with Crippen LogP contribution in [0.2, 0.25) is 0 Å². The molecule has 1 heterocycles. The molecule has 3 aromatic rings. The molecule has 3 rings (SSSR count). The van der Waals surface area contributed by atoms with Gasteiger partial charge in [-0.2, -0.15) is 0 Å². The molecule has 0 aliphatic heterocycles. The molecule has 18 heavy (non-hydrogen) atoms. The molecule has 0 unspecified atom stereocenters. The Morgan fingerprint density at radius 3 is 2.61 bits per heavy atom. The number of thiazole rings is 1. The molecule has 0 aliphatic rings. The van der Waals surface area contributed by atoms with E-state index in [1.807, 2.05) is 24.3 Å². The Labute approximate surface area is 114 Å². The largest absolute Gasteiger partial charge is 0.329 e. The summed E-state index contributed by atoms with van der Waals surface area (Å²) < 4.78 is 4.58. The molecule has 0 saturated carbocycles. The summed E-state index contributed by atoms with van der Waals surface area (Å²) in [5.74, 6) is 0.883. The number of benzene rings is 2. The van der Waals surface area contributed by atoms with Crippen LogP contribution < -0.4 is 4.72 Å². The Bertz CT molecular complexity index is 601.